The van der Waals surface area contributed by atoms with Crippen molar-refractivity contribution in [3.8, 4) is 0 Å². The van der Waals surface area contributed by atoms with E-state index in [4.69, 9.17) is 0 Å². The van der Waals surface area contributed by atoms with E-state index in [1.165, 1.54) is 23.1 Å². The van der Waals surface area contributed by atoms with E-state index in [0.29, 0.717) is 5.16 Å². The van der Waals surface area contributed by atoms with Gasteiger partial charge in [0.2, 0.25) is 5.13 Å². The third kappa shape index (κ3) is 2.67. The van der Waals surface area contributed by atoms with Crippen LogP contribution in [0, 0.1) is 6.92 Å². The predicted octanol–water partition coefficient (Wildman–Crippen LogP) is 1.85. The maximum atomic E-state index is 4.30. The number of anilines is 1. The van der Waals surface area contributed by atoms with Crippen molar-refractivity contribution in [1.29, 1.82) is 0 Å². The first-order chi connectivity index (χ1) is 7.65. The topological polar surface area (TPSA) is 54.8 Å². The second kappa shape index (κ2) is 4.75. The van der Waals surface area contributed by atoms with Gasteiger partial charge in [0.05, 0.1) is 0 Å². The number of hydrogen-bond donors (Lipinski definition) is 0. The normalized spacial score (nSPS) is 10.4. The second-order valence-corrected chi connectivity index (χ2v) is 5.50. The molecule has 2 aromatic heterocycles. The molecule has 0 aromatic carbocycles. The third-order valence-corrected chi connectivity index (χ3v) is 3.75. The summed E-state index contributed by atoms with van der Waals surface area (Å²) in [5.74, 6) is 0. The summed E-state index contributed by atoms with van der Waals surface area (Å²) < 4.78 is 0.856. The molecule has 0 amide bonds. The molecule has 0 atom stereocenters. The van der Waals surface area contributed by atoms with Crippen LogP contribution in [0.2, 0.25) is 0 Å². The minimum Gasteiger partial charge on any atom is -0.353 e. The Labute approximate surface area is 102 Å². The molecule has 7 heteroatoms. The predicted molar refractivity (Wildman–Crippen MR) is 65.1 cm³/mol. The molecular formula is C9H11N5S2. The Balaban J connectivity index is 2.14. The molecule has 0 radical (unpaired) electrons. The Kier molecular flexibility index (Phi) is 3.35. The van der Waals surface area contributed by atoms with Crippen molar-refractivity contribution in [2.45, 2.75) is 16.4 Å². The quantitative estimate of drug-likeness (QED) is 0.778. The van der Waals surface area contributed by atoms with Gasteiger partial charge in [-0.05, 0) is 24.8 Å². The lowest BCUT2D eigenvalue weighted by atomic mass is 10.5. The van der Waals surface area contributed by atoms with Crippen molar-refractivity contribution < 1.29 is 0 Å². The highest BCUT2D eigenvalue weighted by Gasteiger charge is 2.08. The zero-order chi connectivity index (χ0) is 11.5. The fraction of sp³-hybridized carbons (Fsp3) is 0.333. The molecule has 84 valence electrons. The molecule has 0 saturated carbocycles. The van der Waals surface area contributed by atoms with Crippen LogP contribution in [-0.2, 0) is 0 Å². The fourth-order valence-electron chi connectivity index (χ4n) is 0.978. The summed E-state index contributed by atoms with van der Waals surface area (Å²) >= 11 is 2.96. The van der Waals surface area contributed by atoms with Crippen LogP contribution in [0.3, 0.4) is 0 Å². The van der Waals surface area contributed by atoms with Gasteiger partial charge < -0.3 is 4.90 Å². The Hall–Kier alpha value is -1.21. The van der Waals surface area contributed by atoms with Crippen molar-refractivity contribution in [3.05, 3.63) is 18.0 Å². The number of nitrogens with zero attached hydrogens (tertiary/aromatic N) is 5. The summed E-state index contributed by atoms with van der Waals surface area (Å²) in [5.41, 5.74) is 0.954. The van der Waals surface area contributed by atoms with E-state index >= 15 is 0 Å². The van der Waals surface area contributed by atoms with Gasteiger partial charge in [-0.1, -0.05) is 11.3 Å². The number of hydrogen-bond acceptors (Lipinski definition) is 7. The van der Waals surface area contributed by atoms with E-state index in [0.717, 1.165) is 15.2 Å². The van der Waals surface area contributed by atoms with Gasteiger partial charge in [-0.15, -0.1) is 10.2 Å². The lowest BCUT2D eigenvalue weighted by Gasteiger charge is -2.03. The average Bonchev–Trinajstić information content (AvgIpc) is 2.66. The van der Waals surface area contributed by atoms with Crippen LogP contribution in [-0.4, -0.2) is 34.3 Å². The molecule has 0 saturated heterocycles. The molecule has 2 aromatic rings. The summed E-state index contributed by atoms with van der Waals surface area (Å²) in [4.78, 5) is 10.4. The van der Waals surface area contributed by atoms with Gasteiger partial charge >= 0.3 is 0 Å². The molecule has 2 heterocycles. The summed E-state index contributed by atoms with van der Waals surface area (Å²) in [6.07, 6.45) is 1.75. The minimum atomic E-state index is 0.710. The first-order valence-electron chi connectivity index (χ1n) is 4.63. The smallest absolute Gasteiger partial charge is 0.208 e. The van der Waals surface area contributed by atoms with Crippen LogP contribution in [0.15, 0.2) is 21.8 Å². The van der Waals surface area contributed by atoms with E-state index in [9.17, 15) is 0 Å². The van der Waals surface area contributed by atoms with Crippen molar-refractivity contribution in [1.82, 2.24) is 20.2 Å². The summed E-state index contributed by atoms with van der Waals surface area (Å²) in [6, 6.07) is 1.87. The first kappa shape index (κ1) is 11.3. The zero-order valence-corrected chi connectivity index (χ0v) is 10.8. The van der Waals surface area contributed by atoms with E-state index < -0.39 is 0 Å². The molecule has 5 nitrogen and oxygen atoms in total. The van der Waals surface area contributed by atoms with Gasteiger partial charge in [-0.25, -0.2) is 9.97 Å². The first-order valence-corrected chi connectivity index (χ1v) is 6.27. The summed E-state index contributed by atoms with van der Waals surface area (Å²) in [7, 11) is 3.89. The Morgan fingerprint density at radius 1 is 1.31 bits per heavy atom. The van der Waals surface area contributed by atoms with Gasteiger partial charge in [0.15, 0.2) is 9.50 Å². The average molecular weight is 253 g/mol. The second-order valence-electron chi connectivity index (χ2n) is 3.33. The molecule has 0 aliphatic carbocycles. The molecule has 0 aliphatic rings. The van der Waals surface area contributed by atoms with Crippen LogP contribution in [0.4, 0.5) is 5.13 Å². The zero-order valence-electron chi connectivity index (χ0n) is 9.21. The number of rotatable bonds is 3. The Morgan fingerprint density at radius 3 is 2.75 bits per heavy atom. The molecular weight excluding hydrogens is 242 g/mol. The largest absolute Gasteiger partial charge is 0.353 e. The number of aryl methyl sites for hydroxylation is 1. The lowest BCUT2D eigenvalue weighted by Crippen LogP contribution is -2.07. The molecule has 0 fully saturated rings. The third-order valence-electron chi connectivity index (χ3n) is 1.73. The SMILES string of the molecule is Cc1ccnc(Sc2nnc(N(C)C)s2)n1. The maximum Gasteiger partial charge on any atom is 0.208 e. The van der Waals surface area contributed by atoms with Gasteiger partial charge in [0, 0.05) is 26.0 Å². The molecule has 0 aliphatic heterocycles. The van der Waals surface area contributed by atoms with Crippen LogP contribution < -0.4 is 4.90 Å². The van der Waals surface area contributed by atoms with Crippen LogP contribution in [0.25, 0.3) is 0 Å². The fourth-order valence-corrected chi connectivity index (χ4v) is 2.63. The van der Waals surface area contributed by atoms with Gasteiger partial charge in [-0.3, -0.25) is 0 Å². The summed E-state index contributed by atoms with van der Waals surface area (Å²) in [6.45, 7) is 1.94. The highest BCUT2D eigenvalue weighted by atomic mass is 32.2. The highest BCUT2D eigenvalue weighted by molar-refractivity contribution is 8.00. The highest BCUT2D eigenvalue weighted by Crippen LogP contribution is 2.30. The monoisotopic (exact) mass is 253 g/mol. The van der Waals surface area contributed by atoms with Crippen molar-refractivity contribution in [2.75, 3.05) is 19.0 Å². The van der Waals surface area contributed by atoms with E-state index in [1.54, 1.807) is 6.20 Å². The van der Waals surface area contributed by atoms with Gasteiger partial charge in [0.1, 0.15) is 0 Å². The number of aromatic nitrogens is 4. The molecule has 0 bridgehead atoms. The van der Waals surface area contributed by atoms with Gasteiger partial charge in [-0.2, -0.15) is 0 Å². The van der Waals surface area contributed by atoms with Crippen LogP contribution in [0.1, 0.15) is 5.69 Å². The van der Waals surface area contributed by atoms with Crippen LogP contribution in [0.5, 0.6) is 0 Å². The minimum absolute atomic E-state index is 0.710. The lowest BCUT2D eigenvalue weighted by molar-refractivity contribution is 0.923. The molecule has 16 heavy (non-hydrogen) atoms. The van der Waals surface area contributed by atoms with Crippen molar-refractivity contribution >= 4 is 28.2 Å². The molecule has 0 spiro atoms. The standard InChI is InChI=1S/C9H11N5S2/c1-6-4-5-10-7(11-6)15-9-13-12-8(16-9)14(2)3/h4-5H,1-3H3. The van der Waals surface area contributed by atoms with E-state index in [2.05, 4.69) is 20.2 Å². The van der Waals surface area contributed by atoms with E-state index in [-0.39, 0.29) is 0 Å². The van der Waals surface area contributed by atoms with Crippen molar-refractivity contribution in [2.24, 2.45) is 0 Å². The van der Waals surface area contributed by atoms with Crippen molar-refractivity contribution in [3.63, 3.8) is 0 Å². The molecule has 0 N–H and O–H groups in total. The Morgan fingerprint density at radius 2 is 2.12 bits per heavy atom. The summed E-state index contributed by atoms with van der Waals surface area (Å²) in [5, 5.41) is 9.72. The maximum absolute atomic E-state index is 4.30. The van der Waals surface area contributed by atoms with Crippen LogP contribution >= 0.6 is 23.1 Å². The van der Waals surface area contributed by atoms with Gasteiger partial charge in [0.25, 0.3) is 0 Å². The van der Waals surface area contributed by atoms with E-state index in [1.807, 2.05) is 32.0 Å². The molecule has 2 rings (SSSR count). The Bertz CT molecular complexity index is 482. The molecule has 0 unspecified atom stereocenters.